The molecule has 2 aliphatic rings. The lowest BCUT2D eigenvalue weighted by Gasteiger charge is -2.28. The number of carbonyl (C=O) groups is 2. The molecule has 0 radical (unpaired) electrons. The average Bonchev–Trinajstić information content (AvgIpc) is 3.03. The smallest absolute Gasteiger partial charge is 0.410 e. The van der Waals surface area contributed by atoms with Crippen LogP contribution in [0.15, 0.2) is 18.2 Å². The van der Waals surface area contributed by atoms with Crippen molar-refractivity contribution in [1.82, 2.24) is 4.90 Å². The predicted octanol–water partition coefficient (Wildman–Crippen LogP) is 3.04. The van der Waals surface area contributed by atoms with Crippen LogP contribution in [0.5, 0.6) is 0 Å². The highest BCUT2D eigenvalue weighted by atomic mass is 19.1. The Morgan fingerprint density at radius 3 is 2.43 bits per heavy atom. The lowest BCUT2D eigenvalue weighted by Crippen LogP contribution is -2.43. The van der Waals surface area contributed by atoms with Crippen molar-refractivity contribution >= 4 is 12.4 Å². The Morgan fingerprint density at radius 1 is 1.30 bits per heavy atom. The molecule has 23 heavy (non-hydrogen) atoms. The van der Waals surface area contributed by atoms with Crippen molar-refractivity contribution in [3.05, 3.63) is 35.4 Å². The van der Waals surface area contributed by atoms with Gasteiger partial charge in [0.2, 0.25) is 0 Å². The molecule has 1 saturated heterocycles. The zero-order chi connectivity index (χ0) is 17.0. The van der Waals surface area contributed by atoms with Gasteiger partial charge in [-0.05, 0) is 50.8 Å². The Labute approximate surface area is 133 Å². The summed E-state index contributed by atoms with van der Waals surface area (Å²) in [6, 6.07) is 2.76. The van der Waals surface area contributed by atoms with Crippen LogP contribution in [0.2, 0.25) is 0 Å². The molecular formula is C17H19F2NO3. The minimum atomic E-state index is -0.671. The van der Waals surface area contributed by atoms with E-state index in [4.69, 9.17) is 4.74 Å². The van der Waals surface area contributed by atoms with Crippen molar-refractivity contribution in [3.8, 4) is 0 Å². The normalized spacial score (nSPS) is 29.2. The van der Waals surface area contributed by atoms with E-state index in [-0.39, 0.29) is 12.5 Å². The van der Waals surface area contributed by atoms with Gasteiger partial charge in [-0.15, -0.1) is 0 Å². The van der Waals surface area contributed by atoms with E-state index >= 15 is 0 Å². The highest BCUT2D eigenvalue weighted by Crippen LogP contribution is 2.61. The van der Waals surface area contributed by atoms with E-state index in [9.17, 15) is 18.4 Å². The van der Waals surface area contributed by atoms with Crippen molar-refractivity contribution in [1.29, 1.82) is 0 Å². The highest BCUT2D eigenvalue weighted by Gasteiger charge is 2.67. The second kappa shape index (κ2) is 5.01. The third-order valence-electron chi connectivity index (χ3n) is 4.56. The van der Waals surface area contributed by atoms with Gasteiger partial charge in [0.25, 0.3) is 0 Å². The van der Waals surface area contributed by atoms with Gasteiger partial charge in [0.05, 0.1) is 6.04 Å². The van der Waals surface area contributed by atoms with Gasteiger partial charge in [0.1, 0.15) is 23.5 Å². The van der Waals surface area contributed by atoms with E-state index in [2.05, 4.69) is 0 Å². The van der Waals surface area contributed by atoms with E-state index in [1.54, 1.807) is 20.8 Å². The molecule has 3 rings (SSSR count). The van der Waals surface area contributed by atoms with Crippen molar-refractivity contribution in [2.75, 3.05) is 6.54 Å². The number of likely N-dealkylation sites (tertiary alicyclic amines) is 1. The summed E-state index contributed by atoms with van der Waals surface area (Å²) in [5, 5.41) is 0. The summed E-state index contributed by atoms with van der Waals surface area (Å²) in [7, 11) is 0. The quantitative estimate of drug-likeness (QED) is 0.786. The second-order valence-electron chi connectivity index (χ2n) is 7.36. The molecule has 1 saturated carbocycles. The standard InChI is InChI=1S/C17H19F2NO3/c1-16(2,3)23-15(22)20-9-17(7-13(17)14(20)8-21)10-4-11(18)6-12(19)5-10/h4-6,8,13-14H,7,9H2,1-3H3/t13-,14?,17+/m0/s1. The minimum Gasteiger partial charge on any atom is -0.444 e. The Kier molecular flexibility index (Phi) is 3.46. The first kappa shape index (κ1) is 15.9. The number of fused-ring (bicyclic) bond motifs is 1. The van der Waals surface area contributed by atoms with Gasteiger partial charge in [-0.1, -0.05) is 0 Å². The fourth-order valence-electron chi connectivity index (χ4n) is 3.53. The molecule has 0 N–H and O–H groups in total. The summed E-state index contributed by atoms with van der Waals surface area (Å²) in [6.07, 6.45) is 0.787. The Morgan fingerprint density at radius 2 is 1.91 bits per heavy atom. The number of nitrogens with zero attached hydrogens (tertiary/aromatic N) is 1. The number of halogens is 2. The van der Waals surface area contributed by atoms with Gasteiger partial charge in [-0.25, -0.2) is 13.6 Å². The molecule has 3 atom stereocenters. The molecule has 6 heteroatoms. The third kappa shape index (κ3) is 2.71. The molecular weight excluding hydrogens is 304 g/mol. The molecule has 4 nitrogen and oxygen atoms in total. The van der Waals surface area contributed by atoms with E-state index in [0.717, 1.165) is 12.4 Å². The van der Waals surface area contributed by atoms with Crippen molar-refractivity contribution < 1.29 is 23.1 Å². The molecule has 2 fully saturated rings. The minimum absolute atomic E-state index is 0.117. The van der Waals surface area contributed by atoms with Crippen molar-refractivity contribution in [2.24, 2.45) is 5.92 Å². The molecule has 1 amide bonds. The SMILES string of the molecule is CC(C)(C)OC(=O)N1C[C@@]2(c3cc(F)cc(F)c3)C[C@H]2C1C=O. The number of ether oxygens (including phenoxy) is 1. The van der Waals surface area contributed by atoms with Crippen LogP contribution < -0.4 is 0 Å². The number of rotatable bonds is 2. The summed E-state index contributed by atoms with van der Waals surface area (Å²) >= 11 is 0. The van der Waals surface area contributed by atoms with E-state index in [1.807, 2.05) is 0 Å². The molecule has 1 aliphatic heterocycles. The fraction of sp³-hybridized carbons (Fsp3) is 0.529. The van der Waals surface area contributed by atoms with E-state index in [0.29, 0.717) is 12.0 Å². The number of benzene rings is 1. The molecule has 1 heterocycles. The topological polar surface area (TPSA) is 46.6 Å². The van der Waals surface area contributed by atoms with Crippen LogP contribution in [-0.4, -0.2) is 35.5 Å². The maximum Gasteiger partial charge on any atom is 0.410 e. The van der Waals surface area contributed by atoms with Crippen LogP contribution >= 0.6 is 0 Å². The number of hydrogen-bond donors (Lipinski definition) is 0. The molecule has 0 spiro atoms. The van der Waals surface area contributed by atoms with Gasteiger partial charge >= 0.3 is 6.09 Å². The van der Waals surface area contributed by atoms with Gasteiger partial charge in [-0.3, -0.25) is 4.90 Å². The highest BCUT2D eigenvalue weighted by molar-refractivity contribution is 5.77. The van der Waals surface area contributed by atoms with Crippen LogP contribution in [0.1, 0.15) is 32.8 Å². The summed E-state index contributed by atoms with van der Waals surface area (Å²) in [5.41, 5.74) is -0.723. The molecule has 1 aliphatic carbocycles. The first-order valence-corrected chi connectivity index (χ1v) is 7.58. The lowest BCUT2D eigenvalue weighted by atomic mass is 9.94. The molecule has 1 unspecified atom stereocenters. The summed E-state index contributed by atoms with van der Waals surface area (Å²) in [4.78, 5) is 25.1. The number of hydrogen-bond acceptors (Lipinski definition) is 3. The van der Waals surface area contributed by atoms with Gasteiger partial charge < -0.3 is 9.53 Å². The summed E-state index contributed by atoms with van der Waals surface area (Å²) < 4.78 is 32.4. The number of piperidine rings is 1. The molecule has 0 aromatic heterocycles. The van der Waals surface area contributed by atoms with Crippen molar-refractivity contribution in [3.63, 3.8) is 0 Å². The first-order valence-electron chi connectivity index (χ1n) is 7.58. The van der Waals surface area contributed by atoms with Crippen LogP contribution in [0.4, 0.5) is 13.6 Å². The summed E-state index contributed by atoms with van der Waals surface area (Å²) in [6.45, 7) is 5.47. The monoisotopic (exact) mass is 323 g/mol. The summed E-state index contributed by atoms with van der Waals surface area (Å²) in [5.74, 6) is -1.43. The number of aldehydes is 1. The Bertz CT molecular complexity index is 650. The Hall–Kier alpha value is -1.98. The maximum atomic E-state index is 13.5. The predicted molar refractivity (Wildman–Crippen MR) is 78.9 cm³/mol. The number of carbonyl (C=O) groups excluding carboxylic acids is 2. The molecule has 124 valence electrons. The van der Waals surface area contributed by atoms with Gasteiger partial charge in [0.15, 0.2) is 0 Å². The maximum absolute atomic E-state index is 13.5. The molecule has 1 aromatic rings. The lowest BCUT2D eigenvalue weighted by molar-refractivity contribution is -0.112. The zero-order valence-electron chi connectivity index (χ0n) is 13.3. The number of amides is 1. The third-order valence-corrected chi connectivity index (χ3v) is 4.56. The fourth-order valence-corrected chi connectivity index (χ4v) is 3.53. The largest absolute Gasteiger partial charge is 0.444 e. The Balaban J connectivity index is 1.88. The molecule has 0 bridgehead atoms. The van der Waals surface area contributed by atoms with Gasteiger partial charge in [-0.2, -0.15) is 0 Å². The first-order chi connectivity index (χ1) is 10.7. The average molecular weight is 323 g/mol. The second-order valence-corrected chi connectivity index (χ2v) is 7.36. The van der Waals surface area contributed by atoms with Crippen LogP contribution in [0, 0.1) is 17.6 Å². The van der Waals surface area contributed by atoms with Crippen LogP contribution in [0.3, 0.4) is 0 Å². The van der Waals surface area contributed by atoms with E-state index < -0.39 is 34.8 Å². The van der Waals surface area contributed by atoms with Crippen molar-refractivity contribution in [2.45, 2.75) is 44.2 Å². The van der Waals surface area contributed by atoms with Gasteiger partial charge in [0, 0.05) is 18.0 Å². The van der Waals surface area contributed by atoms with E-state index in [1.165, 1.54) is 17.0 Å². The van der Waals surface area contributed by atoms with Crippen LogP contribution in [0.25, 0.3) is 0 Å². The zero-order valence-corrected chi connectivity index (χ0v) is 13.3. The molecule has 1 aromatic carbocycles. The van der Waals surface area contributed by atoms with Crippen LogP contribution in [-0.2, 0) is 14.9 Å².